The number of nitrogens with zero attached hydrogens (tertiary/aromatic N) is 2. The highest BCUT2D eigenvalue weighted by Gasteiger charge is 2.20. The maximum atomic E-state index is 5.79. The molecule has 0 aliphatic carbocycles. The maximum absolute atomic E-state index is 5.79. The lowest BCUT2D eigenvalue weighted by atomic mass is 10.1. The highest BCUT2D eigenvalue weighted by atomic mass is 32.1. The molecule has 0 radical (unpaired) electrons. The monoisotopic (exact) mass is 239 g/mol. The number of thiazole rings is 1. The number of aromatic nitrogens is 1. The van der Waals surface area contributed by atoms with Crippen molar-refractivity contribution in [1.29, 1.82) is 0 Å². The van der Waals surface area contributed by atoms with E-state index < -0.39 is 0 Å². The Hall–Kier alpha value is -0.450. The van der Waals surface area contributed by atoms with Crippen LogP contribution >= 0.6 is 11.3 Å². The highest BCUT2D eigenvalue weighted by Crippen LogP contribution is 2.23. The standard InChI is InChI=1S/C12H21N3S/c1-9(13)5-11-7-14-12(16-11)6-10-3-4-15(2)8-10/h7,9-10H,3-6,8,13H2,1-2H3. The molecule has 1 saturated heterocycles. The lowest BCUT2D eigenvalue weighted by Crippen LogP contribution is -2.16. The van der Waals surface area contributed by atoms with Gasteiger partial charge in [-0.2, -0.15) is 0 Å². The summed E-state index contributed by atoms with van der Waals surface area (Å²) >= 11 is 1.84. The quantitative estimate of drug-likeness (QED) is 0.866. The van der Waals surface area contributed by atoms with Crippen molar-refractivity contribution in [2.45, 2.75) is 32.2 Å². The number of rotatable bonds is 4. The van der Waals surface area contributed by atoms with Gasteiger partial charge in [0.1, 0.15) is 0 Å². The van der Waals surface area contributed by atoms with E-state index in [0.717, 1.165) is 18.8 Å². The summed E-state index contributed by atoms with van der Waals surface area (Å²) < 4.78 is 0. The number of hydrogen-bond acceptors (Lipinski definition) is 4. The third kappa shape index (κ3) is 3.27. The summed E-state index contributed by atoms with van der Waals surface area (Å²) in [5.41, 5.74) is 5.79. The second-order valence-electron chi connectivity index (χ2n) is 5.02. The average molecular weight is 239 g/mol. The maximum Gasteiger partial charge on any atom is 0.0930 e. The van der Waals surface area contributed by atoms with Gasteiger partial charge in [0.2, 0.25) is 0 Å². The van der Waals surface area contributed by atoms with Gasteiger partial charge in [0.25, 0.3) is 0 Å². The zero-order valence-electron chi connectivity index (χ0n) is 10.1. The van der Waals surface area contributed by atoms with Gasteiger partial charge in [-0.3, -0.25) is 0 Å². The van der Waals surface area contributed by atoms with Gasteiger partial charge >= 0.3 is 0 Å². The van der Waals surface area contributed by atoms with Crippen molar-refractivity contribution < 1.29 is 0 Å². The molecule has 4 heteroatoms. The van der Waals surface area contributed by atoms with E-state index in [0.29, 0.717) is 0 Å². The van der Waals surface area contributed by atoms with Crippen LogP contribution in [0, 0.1) is 5.92 Å². The Balaban J connectivity index is 1.87. The summed E-state index contributed by atoms with van der Waals surface area (Å²) in [6, 6.07) is 0.242. The minimum Gasteiger partial charge on any atom is -0.328 e. The zero-order valence-corrected chi connectivity index (χ0v) is 11.0. The molecule has 0 saturated carbocycles. The molecule has 2 heterocycles. The molecule has 0 bridgehead atoms. The average Bonchev–Trinajstić information content (AvgIpc) is 2.76. The Morgan fingerprint density at radius 2 is 2.50 bits per heavy atom. The first kappa shape index (κ1) is 12.0. The molecule has 1 aromatic rings. The van der Waals surface area contributed by atoms with Crippen molar-refractivity contribution in [1.82, 2.24) is 9.88 Å². The predicted molar refractivity (Wildman–Crippen MR) is 68.8 cm³/mol. The van der Waals surface area contributed by atoms with Crippen LogP contribution in [0.5, 0.6) is 0 Å². The third-order valence-electron chi connectivity index (χ3n) is 3.08. The molecule has 1 aromatic heterocycles. The molecule has 16 heavy (non-hydrogen) atoms. The Morgan fingerprint density at radius 3 is 3.12 bits per heavy atom. The van der Waals surface area contributed by atoms with Crippen molar-refractivity contribution in [3.63, 3.8) is 0 Å². The second-order valence-corrected chi connectivity index (χ2v) is 6.22. The second kappa shape index (κ2) is 5.25. The van der Waals surface area contributed by atoms with E-state index in [-0.39, 0.29) is 6.04 Å². The Kier molecular flexibility index (Phi) is 3.95. The minimum atomic E-state index is 0.242. The topological polar surface area (TPSA) is 42.1 Å². The van der Waals surface area contributed by atoms with Crippen molar-refractivity contribution in [2.75, 3.05) is 20.1 Å². The summed E-state index contributed by atoms with van der Waals surface area (Å²) in [7, 11) is 2.20. The van der Waals surface area contributed by atoms with Crippen LogP contribution in [-0.2, 0) is 12.8 Å². The summed E-state index contributed by atoms with van der Waals surface area (Å²) in [6.45, 7) is 4.51. The van der Waals surface area contributed by atoms with Crippen LogP contribution in [0.25, 0.3) is 0 Å². The van der Waals surface area contributed by atoms with E-state index >= 15 is 0 Å². The Morgan fingerprint density at radius 1 is 1.69 bits per heavy atom. The molecule has 2 N–H and O–H groups in total. The lowest BCUT2D eigenvalue weighted by molar-refractivity contribution is 0.394. The molecule has 90 valence electrons. The lowest BCUT2D eigenvalue weighted by Gasteiger charge is -2.07. The number of hydrogen-bond donors (Lipinski definition) is 1. The van der Waals surface area contributed by atoms with Crippen molar-refractivity contribution in [2.24, 2.45) is 11.7 Å². The van der Waals surface area contributed by atoms with E-state index in [1.165, 1.54) is 29.4 Å². The molecule has 2 rings (SSSR count). The Labute approximate surface area is 102 Å². The number of nitrogens with two attached hydrogens (primary N) is 1. The van der Waals surface area contributed by atoms with Gasteiger partial charge in [0.15, 0.2) is 0 Å². The summed E-state index contributed by atoms with van der Waals surface area (Å²) in [5, 5.41) is 1.29. The van der Waals surface area contributed by atoms with Gasteiger partial charge in [-0.05, 0) is 39.3 Å². The first-order valence-corrected chi connectivity index (χ1v) is 6.83. The van der Waals surface area contributed by atoms with Crippen LogP contribution < -0.4 is 5.73 Å². The normalized spacial score (nSPS) is 23.8. The molecule has 3 nitrogen and oxygen atoms in total. The van der Waals surface area contributed by atoms with Crippen LogP contribution in [0.3, 0.4) is 0 Å². The van der Waals surface area contributed by atoms with Crippen LogP contribution in [0.1, 0.15) is 23.2 Å². The van der Waals surface area contributed by atoms with E-state index in [4.69, 9.17) is 5.73 Å². The van der Waals surface area contributed by atoms with Gasteiger partial charge in [-0.15, -0.1) is 11.3 Å². The summed E-state index contributed by atoms with van der Waals surface area (Å²) in [4.78, 5) is 8.24. The summed E-state index contributed by atoms with van der Waals surface area (Å²) in [5.74, 6) is 0.805. The fraction of sp³-hybridized carbons (Fsp3) is 0.750. The molecule has 0 aromatic carbocycles. The van der Waals surface area contributed by atoms with Crippen molar-refractivity contribution in [3.05, 3.63) is 16.1 Å². The smallest absolute Gasteiger partial charge is 0.0930 e. The fourth-order valence-electron chi connectivity index (χ4n) is 2.29. The van der Waals surface area contributed by atoms with Crippen molar-refractivity contribution in [3.8, 4) is 0 Å². The van der Waals surface area contributed by atoms with E-state index in [1.54, 1.807) is 0 Å². The largest absolute Gasteiger partial charge is 0.328 e. The molecular formula is C12H21N3S. The van der Waals surface area contributed by atoms with Gasteiger partial charge in [-0.1, -0.05) is 0 Å². The van der Waals surface area contributed by atoms with Gasteiger partial charge in [0, 0.05) is 30.1 Å². The molecular weight excluding hydrogens is 218 g/mol. The molecule has 1 aliphatic heterocycles. The molecule has 1 aliphatic rings. The van der Waals surface area contributed by atoms with Gasteiger partial charge in [-0.25, -0.2) is 4.98 Å². The third-order valence-corrected chi connectivity index (χ3v) is 4.12. The molecule has 2 unspecified atom stereocenters. The van der Waals surface area contributed by atoms with E-state index in [1.807, 2.05) is 24.5 Å². The molecule has 2 atom stereocenters. The fourth-order valence-corrected chi connectivity index (χ4v) is 3.47. The van der Waals surface area contributed by atoms with Gasteiger partial charge in [0.05, 0.1) is 5.01 Å². The van der Waals surface area contributed by atoms with Crippen molar-refractivity contribution >= 4 is 11.3 Å². The Bertz CT molecular complexity index is 335. The molecule has 1 fully saturated rings. The van der Waals surface area contributed by atoms with E-state index in [2.05, 4.69) is 16.9 Å². The first-order valence-electron chi connectivity index (χ1n) is 6.01. The predicted octanol–water partition coefficient (Wildman–Crippen LogP) is 1.53. The van der Waals surface area contributed by atoms with Gasteiger partial charge < -0.3 is 10.6 Å². The number of likely N-dealkylation sites (tertiary alicyclic amines) is 1. The highest BCUT2D eigenvalue weighted by molar-refractivity contribution is 7.11. The van der Waals surface area contributed by atoms with Crippen LogP contribution in [0.15, 0.2) is 6.20 Å². The van der Waals surface area contributed by atoms with Crippen LogP contribution in [0.2, 0.25) is 0 Å². The van der Waals surface area contributed by atoms with Crippen LogP contribution in [-0.4, -0.2) is 36.1 Å². The summed E-state index contributed by atoms with van der Waals surface area (Å²) in [6.07, 6.45) is 5.43. The molecule has 0 spiro atoms. The molecule has 0 amide bonds. The zero-order chi connectivity index (χ0) is 11.5. The minimum absolute atomic E-state index is 0.242. The first-order chi connectivity index (χ1) is 7.63. The van der Waals surface area contributed by atoms with E-state index in [9.17, 15) is 0 Å². The van der Waals surface area contributed by atoms with Crippen LogP contribution in [0.4, 0.5) is 0 Å². The SMILES string of the molecule is CC(N)Cc1cnc(CC2CCN(C)C2)s1.